The summed E-state index contributed by atoms with van der Waals surface area (Å²) in [5, 5.41) is 0. The molecule has 0 spiro atoms. The van der Waals surface area contributed by atoms with Gasteiger partial charge in [0.1, 0.15) is 0 Å². The largest absolute Gasteiger partial charge is 0.290 e. The van der Waals surface area contributed by atoms with Crippen LogP contribution in [0.4, 0.5) is 0 Å². The van der Waals surface area contributed by atoms with Crippen LogP contribution in [-0.4, -0.2) is 13.2 Å². The third-order valence-electron chi connectivity index (χ3n) is 1.02. The molecule has 0 rings (SSSR count). The van der Waals surface area contributed by atoms with E-state index in [0.717, 1.165) is 6.42 Å². The summed E-state index contributed by atoms with van der Waals surface area (Å²) in [6.07, 6.45) is 1.09. The molecule has 0 aliphatic carbocycles. The Morgan fingerprint density at radius 3 is 2.62 bits per heavy atom. The molecule has 0 heterocycles. The monoisotopic (exact) mass is 118 g/mol. The Labute approximate surface area is 50.3 Å². The molecule has 8 heavy (non-hydrogen) atoms. The number of rotatable bonds is 4. The van der Waals surface area contributed by atoms with E-state index >= 15 is 0 Å². The van der Waals surface area contributed by atoms with Gasteiger partial charge in [0, 0.05) is 6.04 Å². The first-order valence-corrected chi connectivity index (χ1v) is 2.84. The maximum absolute atomic E-state index is 4.55. The molecule has 1 unspecified atom stereocenters. The summed E-state index contributed by atoms with van der Waals surface area (Å²) in [4.78, 5) is 4.55. The second-order valence-electron chi connectivity index (χ2n) is 1.76. The summed E-state index contributed by atoms with van der Waals surface area (Å²) in [7, 11) is 1.58. The number of hydrogen-bond acceptors (Lipinski definition) is 3. The van der Waals surface area contributed by atoms with Gasteiger partial charge < -0.3 is 0 Å². The van der Waals surface area contributed by atoms with E-state index < -0.39 is 0 Å². The van der Waals surface area contributed by atoms with Crippen LogP contribution in [-0.2, 0) is 4.84 Å². The Bertz CT molecular complexity index is 49.7. The van der Waals surface area contributed by atoms with Gasteiger partial charge in [-0.15, -0.1) is 5.59 Å². The molecule has 0 saturated heterocycles. The molecule has 0 amide bonds. The van der Waals surface area contributed by atoms with Gasteiger partial charge in [0.25, 0.3) is 0 Å². The van der Waals surface area contributed by atoms with Crippen LogP contribution in [0.2, 0.25) is 0 Å². The molecule has 0 aromatic carbocycles. The van der Waals surface area contributed by atoms with Crippen molar-refractivity contribution in [3.8, 4) is 0 Å². The van der Waals surface area contributed by atoms with Crippen LogP contribution in [0.3, 0.4) is 0 Å². The third-order valence-corrected chi connectivity index (χ3v) is 1.02. The average Bonchev–Trinajstić information content (AvgIpc) is 1.83. The van der Waals surface area contributed by atoms with Crippen molar-refractivity contribution in [2.24, 2.45) is 0 Å². The van der Waals surface area contributed by atoms with Crippen LogP contribution in [0, 0.1) is 0 Å². The topological polar surface area (TPSA) is 33.3 Å². The van der Waals surface area contributed by atoms with E-state index in [4.69, 9.17) is 0 Å². The Hall–Kier alpha value is -0.120. The van der Waals surface area contributed by atoms with Crippen LogP contribution in [0.25, 0.3) is 0 Å². The summed E-state index contributed by atoms with van der Waals surface area (Å²) in [5.41, 5.74) is 5.46. The molecule has 3 heteroatoms. The molecule has 2 N–H and O–H groups in total. The first kappa shape index (κ1) is 7.88. The first-order valence-electron chi connectivity index (χ1n) is 2.84. The molecule has 0 aliphatic rings. The normalized spacial score (nSPS) is 13.9. The van der Waals surface area contributed by atoms with Crippen molar-refractivity contribution in [1.29, 1.82) is 0 Å². The zero-order valence-corrected chi connectivity index (χ0v) is 5.69. The predicted molar refractivity (Wildman–Crippen MR) is 33.0 cm³/mol. The highest BCUT2D eigenvalue weighted by Gasteiger charge is 1.91. The van der Waals surface area contributed by atoms with E-state index in [1.165, 1.54) is 0 Å². The fourth-order valence-electron chi connectivity index (χ4n) is 0.262. The predicted octanol–water partition coefficient (Wildman–Crippen LogP) is 0.441. The maximum atomic E-state index is 4.55. The molecule has 0 fully saturated rings. The fourth-order valence-corrected chi connectivity index (χ4v) is 0.262. The molecular weight excluding hydrogens is 104 g/mol. The molecule has 0 aromatic heterocycles. The van der Waals surface area contributed by atoms with Crippen molar-refractivity contribution < 1.29 is 4.84 Å². The van der Waals surface area contributed by atoms with Gasteiger partial charge in [0.05, 0.1) is 7.11 Å². The minimum absolute atomic E-state index is 0.468. The third kappa shape index (κ3) is 4.05. The summed E-state index contributed by atoms with van der Waals surface area (Å²) in [5.74, 6) is 0. The summed E-state index contributed by atoms with van der Waals surface area (Å²) in [6, 6.07) is 0.468. The lowest BCUT2D eigenvalue weighted by molar-refractivity contribution is 0.0457. The van der Waals surface area contributed by atoms with E-state index in [9.17, 15) is 0 Å². The smallest absolute Gasteiger partial charge is 0.0588 e. The van der Waals surface area contributed by atoms with Gasteiger partial charge in [-0.2, -0.15) is 0 Å². The highest BCUT2D eigenvalue weighted by atomic mass is 16.7. The van der Waals surface area contributed by atoms with Crippen LogP contribution in [0.1, 0.15) is 20.3 Å². The van der Waals surface area contributed by atoms with Gasteiger partial charge >= 0.3 is 0 Å². The van der Waals surface area contributed by atoms with E-state index in [2.05, 4.69) is 29.7 Å². The molecule has 0 radical (unpaired) electrons. The molecule has 0 aliphatic heterocycles. The van der Waals surface area contributed by atoms with E-state index in [0.29, 0.717) is 6.04 Å². The van der Waals surface area contributed by atoms with Gasteiger partial charge in [-0.25, -0.2) is 5.43 Å². The number of nitrogens with one attached hydrogen (secondary N) is 2. The zero-order chi connectivity index (χ0) is 6.41. The van der Waals surface area contributed by atoms with Gasteiger partial charge in [-0.05, 0) is 13.3 Å². The number of hydrogen-bond donors (Lipinski definition) is 2. The lowest BCUT2D eigenvalue weighted by atomic mass is 10.3. The standard InChI is InChI=1S/C5H14N2O/c1-4-5(2)6-7-8-3/h5-7H,4H2,1-3H3. The van der Waals surface area contributed by atoms with Gasteiger partial charge in [-0.3, -0.25) is 4.84 Å². The number of hydrazine groups is 1. The Balaban J connectivity index is 2.86. The average molecular weight is 118 g/mol. The van der Waals surface area contributed by atoms with Gasteiger partial charge in [0.2, 0.25) is 0 Å². The van der Waals surface area contributed by atoms with Crippen LogP contribution in [0.15, 0.2) is 0 Å². The first-order chi connectivity index (χ1) is 3.81. The van der Waals surface area contributed by atoms with Crippen LogP contribution in [0.5, 0.6) is 0 Å². The SMILES string of the molecule is CCC(C)NNOC. The highest BCUT2D eigenvalue weighted by molar-refractivity contribution is 4.48. The van der Waals surface area contributed by atoms with E-state index in [1.807, 2.05) is 0 Å². The van der Waals surface area contributed by atoms with Crippen molar-refractivity contribution in [1.82, 2.24) is 11.0 Å². The van der Waals surface area contributed by atoms with Crippen molar-refractivity contribution in [3.63, 3.8) is 0 Å². The van der Waals surface area contributed by atoms with Crippen molar-refractivity contribution in [2.45, 2.75) is 26.3 Å². The van der Waals surface area contributed by atoms with Gasteiger partial charge in [-0.1, -0.05) is 6.92 Å². The molecule has 50 valence electrons. The fraction of sp³-hybridized carbons (Fsp3) is 1.00. The zero-order valence-electron chi connectivity index (χ0n) is 5.69. The molecular formula is C5H14N2O. The lowest BCUT2D eigenvalue weighted by Gasteiger charge is -2.09. The second kappa shape index (κ2) is 5.03. The molecule has 1 atom stereocenters. The van der Waals surface area contributed by atoms with E-state index in [-0.39, 0.29) is 0 Å². The highest BCUT2D eigenvalue weighted by Crippen LogP contribution is 1.82. The van der Waals surface area contributed by atoms with Crippen molar-refractivity contribution in [3.05, 3.63) is 0 Å². The quantitative estimate of drug-likeness (QED) is 0.525. The Morgan fingerprint density at radius 1 is 1.62 bits per heavy atom. The van der Waals surface area contributed by atoms with Crippen molar-refractivity contribution >= 4 is 0 Å². The van der Waals surface area contributed by atoms with E-state index in [1.54, 1.807) is 7.11 Å². The molecule has 0 bridgehead atoms. The summed E-state index contributed by atoms with van der Waals surface area (Å²) >= 11 is 0. The maximum Gasteiger partial charge on any atom is 0.0588 e. The second-order valence-corrected chi connectivity index (χ2v) is 1.76. The van der Waals surface area contributed by atoms with Crippen LogP contribution < -0.4 is 11.0 Å². The Kier molecular flexibility index (Phi) is 4.95. The minimum atomic E-state index is 0.468. The minimum Gasteiger partial charge on any atom is -0.290 e. The molecule has 0 saturated carbocycles. The molecule has 3 nitrogen and oxygen atoms in total. The molecule has 0 aromatic rings. The summed E-state index contributed by atoms with van der Waals surface area (Å²) < 4.78 is 0. The van der Waals surface area contributed by atoms with Crippen LogP contribution >= 0.6 is 0 Å². The lowest BCUT2D eigenvalue weighted by Crippen LogP contribution is -2.37. The van der Waals surface area contributed by atoms with Gasteiger partial charge in [0.15, 0.2) is 0 Å². The van der Waals surface area contributed by atoms with Crippen molar-refractivity contribution in [2.75, 3.05) is 7.11 Å². The summed E-state index contributed by atoms with van der Waals surface area (Å²) in [6.45, 7) is 4.18. The Morgan fingerprint density at radius 2 is 2.25 bits per heavy atom.